The number of alkyl halides is 3. The molecule has 8 heteroatoms. The number of aromatic nitrogens is 2. The smallest absolute Gasteiger partial charge is 0.310 e. The summed E-state index contributed by atoms with van der Waals surface area (Å²) in [5.74, 6) is -0.184. The molecule has 110 valence electrons. The summed E-state index contributed by atoms with van der Waals surface area (Å²) in [6.45, 7) is 0. The number of anilines is 1. The Balaban J connectivity index is 2.00. The van der Waals surface area contributed by atoms with Crippen LogP contribution in [0.5, 0.6) is 0 Å². The molecule has 2 aromatic rings. The molecule has 0 unspecified atom stereocenters. The second kappa shape index (κ2) is 6.09. The molecular formula is C13H9ClF3N3O. The van der Waals surface area contributed by atoms with Crippen LogP contribution in [0.3, 0.4) is 0 Å². The quantitative estimate of drug-likeness (QED) is 0.884. The molecule has 0 aliphatic carbocycles. The molecule has 21 heavy (non-hydrogen) atoms. The van der Waals surface area contributed by atoms with Gasteiger partial charge >= 0.3 is 6.18 Å². The molecule has 1 aromatic carbocycles. The lowest BCUT2D eigenvalue weighted by Crippen LogP contribution is -2.15. The van der Waals surface area contributed by atoms with Gasteiger partial charge in [0, 0.05) is 6.20 Å². The molecule has 0 aliphatic rings. The van der Waals surface area contributed by atoms with E-state index in [-0.39, 0.29) is 17.5 Å². The summed E-state index contributed by atoms with van der Waals surface area (Å²) in [4.78, 5) is 19.2. The first-order valence-electron chi connectivity index (χ1n) is 5.79. The Morgan fingerprint density at radius 1 is 1.19 bits per heavy atom. The number of nitrogens with one attached hydrogen (secondary N) is 1. The van der Waals surface area contributed by atoms with Crippen molar-refractivity contribution in [2.75, 3.05) is 5.32 Å². The normalized spacial score (nSPS) is 11.2. The molecule has 0 saturated carbocycles. The van der Waals surface area contributed by atoms with E-state index in [2.05, 4.69) is 15.3 Å². The molecule has 1 heterocycles. The van der Waals surface area contributed by atoms with Crippen molar-refractivity contribution in [2.24, 2.45) is 0 Å². The van der Waals surface area contributed by atoms with E-state index in [9.17, 15) is 18.0 Å². The summed E-state index contributed by atoms with van der Waals surface area (Å²) >= 11 is 5.57. The van der Waals surface area contributed by atoms with Crippen LogP contribution < -0.4 is 5.32 Å². The van der Waals surface area contributed by atoms with Crippen LogP contribution in [0, 0.1) is 0 Å². The Bertz CT molecular complexity index is 644. The van der Waals surface area contributed by atoms with Gasteiger partial charge in [-0.05, 0) is 35.4 Å². The zero-order chi connectivity index (χ0) is 15.5. The Hall–Kier alpha value is -2.15. The molecule has 0 saturated heterocycles. The lowest BCUT2D eigenvalue weighted by molar-refractivity contribution is -0.137. The van der Waals surface area contributed by atoms with E-state index in [0.29, 0.717) is 5.56 Å². The van der Waals surface area contributed by atoms with Crippen LogP contribution in [0.25, 0.3) is 0 Å². The number of benzene rings is 1. The van der Waals surface area contributed by atoms with Gasteiger partial charge in [0.25, 0.3) is 0 Å². The van der Waals surface area contributed by atoms with E-state index in [0.717, 1.165) is 12.1 Å². The number of amides is 1. The lowest BCUT2D eigenvalue weighted by atomic mass is 10.1. The molecule has 0 spiro atoms. The molecule has 1 aromatic heterocycles. The number of hydrogen-bond donors (Lipinski definition) is 1. The number of halogens is 4. The van der Waals surface area contributed by atoms with Gasteiger partial charge in [0.05, 0.1) is 12.0 Å². The van der Waals surface area contributed by atoms with Gasteiger partial charge in [0.1, 0.15) is 5.82 Å². The summed E-state index contributed by atoms with van der Waals surface area (Å²) < 4.78 is 37.2. The average molecular weight is 316 g/mol. The lowest BCUT2D eigenvalue weighted by Gasteiger charge is -2.08. The number of rotatable bonds is 3. The highest BCUT2D eigenvalue weighted by molar-refractivity contribution is 6.28. The van der Waals surface area contributed by atoms with Gasteiger partial charge in [0.2, 0.25) is 11.2 Å². The molecule has 0 aliphatic heterocycles. The number of nitrogens with zero attached hydrogens (tertiary/aromatic N) is 2. The van der Waals surface area contributed by atoms with Gasteiger partial charge in [-0.25, -0.2) is 9.97 Å². The van der Waals surface area contributed by atoms with Gasteiger partial charge in [-0.15, -0.1) is 0 Å². The zero-order valence-electron chi connectivity index (χ0n) is 10.5. The Morgan fingerprint density at radius 3 is 2.43 bits per heavy atom. The SMILES string of the molecule is O=C(Cc1ccc(C(F)(F)F)cc1)Nc1ccnc(Cl)n1. The molecule has 0 atom stereocenters. The van der Waals surface area contributed by atoms with E-state index in [1.807, 2.05) is 0 Å². The highest BCUT2D eigenvalue weighted by atomic mass is 35.5. The second-order valence-electron chi connectivity index (χ2n) is 4.13. The summed E-state index contributed by atoms with van der Waals surface area (Å²) in [6.07, 6.45) is -3.08. The van der Waals surface area contributed by atoms with E-state index in [4.69, 9.17) is 11.6 Å². The fraction of sp³-hybridized carbons (Fsp3) is 0.154. The van der Waals surface area contributed by atoms with Gasteiger partial charge in [0.15, 0.2) is 0 Å². The molecule has 2 rings (SSSR count). The largest absolute Gasteiger partial charge is 0.416 e. The summed E-state index contributed by atoms with van der Waals surface area (Å²) in [5, 5.41) is 2.47. The van der Waals surface area contributed by atoms with Crippen molar-refractivity contribution in [3.63, 3.8) is 0 Å². The van der Waals surface area contributed by atoms with Crippen molar-refractivity contribution in [1.29, 1.82) is 0 Å². The molecular weight excluding hydrogens is 307 g/mol. The van der Waals surface area contributed by atoms with E-state index in [1.54, 1.807) is 0 Å². The molecule has 4 nitrogen and oxygen atoms in total. The third kappa shape index (κ3) is 4.42. The van der Waals surface area contributed by atoms with Crippen molar-refractivity contribution < 1.29 is 18.0 Å². The number of carbonyl (C=O) groups is 1. The van der Waals surface area contributed by atoms with Crippen molar-refractivity contribution in [3.8, 4) is 0 Å². The number of hydrogen-bond acceptors (Lipinski definition) is 3. The fourth-order valence-corrected chi connectivity index (χ4v) is 1.74. The average Bonchev–Trinajstić information content (AvgIpc) is 2.38. The van der Waals surface area contributed by atoms with Crippen LogP contribution in [-0.4, -0.2) is 15.9 Å². The van der Waals surface area contributed by atoms with Crippen LogP contribution in [0.4, 0.5) is 19.0 Å². The van der Waals surface area contributed by atoms with Crippen LogP contribution in [-0.2, 0) is 17.4 Å². The summed E-state index contributed by atoms with van der Waals surface area (Å²) in [7, 11) is 0. The van der Waals surface area contributed by atoms with Crippen LogP contribution >= 0.6 is 11.6 Å². The molecule has 1 N–H and O–H groups in total. The summed E-state index contributed by atoms with van der Waals surface area (Å²) in [5.41, 5.74) is -0.296. The second-order valence-corrected chi connectivity index (χ2v) is 4.47. The maximum atomic E-state index is 12.4. The van der Waals surface area contributed by atoms with Crippen molar-refractivity contribution >= 4 is 23.3 Å². The van der Waals surface area contributed by atoms with Crippen LogP contribution in [0.2, 0.25) is 5.28 Å². The highest BCUT2D eigenvalue weighted by Gasteiger charge is 2.29. The first kappa shape index (κ1) is 15.2. The van der Waals surface area contributed by atoms with Gasteiger partial charge in [-0.2, -0.15) is 13.2 Å². The molecule has 0 radical (unpaired) electrons. The minimum atomic E-state index is -4.39. The van der Waals surface area contributed by atoms with Crippen LogP contribution in [0.15, 0.2) is 36.5 Å². The predicted molar refractivity (Wildman–Crippen MR) is 70.8 cm³/mol. The highest BCUT2D eigenvalue weighted by Crippen LogP contribution is 2.29. The Kier molecular flexibility index (Phi) is 4.42. The minimum absolute atomic E-state index is 0.0117. The van der Waals surface area contributed by atoms with Crippen molar-refractivity contribution in [1.82, 2.24) is 9.97 Å². The van der Waals surface area contributed by atoms with E-state index < -0.39 is 17.6 Å². The molecule has 0 fully saturated rings. The van der Waals surface area contributed by atoms with Crippen molar-refractivity contribution in [2.45, 2.75) is 12.6 Å². The summed E-state index contributed by atoms with van der Waals surface area (Å²) in [6, 6.07) is 5.84. The van der Waals surface area contributed by atoms with E-state index >= 15 is 0 Å². The predicted octanol–water partition coefficient (Wildman–Crippen LogP) is 3.33. The maximum Gasteiger partial charge on any atom is 0.416 e. The number of carbonyl (C=O) groups excluding carboxylic acids is 1. The van der Waals surface area contributed by atoms with E-state index in [1.165, 1.54) is 24.4 Å². The topological polar surface area (TPSA) is 54.9 Å². The fourth-order valence-electron chi connectivity index (χ4n) is 1.59. The Labute approximate surface area is 123 Å². The van der Waals surface area contributed by atoms with Crippen LogP contribution in [0.1, 0.15) is 11.1 Å². The third-order valence-corrected chi connectivity index (χ3v) is 2.72. The van der Waals surface area contributed by atoms with Gasteiger partial charge in [-0.1, -0.05) is 12.1 Å². The van der Waals surface area contributed by atoms with Gasteiger partial charge < -0.3 is 5.32 Å². The first-order valence-corrected chi connectivity index (χ1v) is 6.17. The molecule has 0 bridgehead atoms. The van der Waals surface area contributed by atoms with Crippen molar-refractivity contribution in [3.05, 3.63) is 52.9 Å². The van der Waals surface area contributed by atoms with Gasteiger partial charge in [-0.3, -0.25) is 4.79 Å². The first-order chi connectivity index (χ1) is 9.84. The third-order valence-electron chi connectivity index (χ3n) is 2.54. The minimum Gasteiger partial charge on any atom is -0.310 e. The monoisotopic (exact) mass is 315 g/mol. The Morgan fingerprint density at radius 2 is 1.86 bits per heavy atom. The molecule has 1 amide bonds. The standard InChI is InChI=1S/C13H9ClF3N3O/c14-12-18-6-5-10(20-12)19-11(21)7-8-1-3-9(4-2-8)13(15,16)17/h1-6H,7H2,(H,18,19,20,21). The zero-order valence-corrected chi connectivity index (χ0v) is 11.2. The maximum absolute atomic E-state index is 12.4.